The van der Waals surface area contributed by atoms with E-state index in [2.05, 4.69) is 53.6 Å². The zero-order valence-corrected chi connectivity index (χ0v) is 13.0. The largest absolute Gasteiger partial charge is 0.291 e. The summed E-state index contributed by atoms with van der Waals surface area (Å²) in [7, 11) is 0. The highest BCUT2D eigenvalue weighted by molar-refractivity contribution is 9.09. The molecule has 2 rings (SSSR count). The first-order valence-corrected chi connectivity index (χ1v) is 7.38. The van der Waals surface area contributed by atoms with Gasteiger partial charge in [-0.05, 0) is 18.9 Å². The summed E-state index contributed by atoms with van der Waals surface area (Å²) in [6, 6.07) is 1.87. The van der Waals surface area contributed by atoms with Gasteiger partial charge in [-0.2, -0.15) is 0 Å². The normalized spacial score (nSPS) is 17.6. The van der Waals surface area contributed by atoms with Crippen LogP contribution in [0.4, 0.5) is 0 Å². The van der Waals surface area contributed by atoms with Crippen LogP contribution >= 0.6 is 15.9 Å². The van der Waals surface area contributed by atoms with Gasteiger partial charge < -0.3 is 0 Å². The van der Waals surface area contributed by atoms with Crippen LogP contribution in [0.3, 0.4) is 0 Å². The molecule has 1 aliphatic rings. The van der Waals surface area contributed by atoms with Crippen molar-refractivity contribution in [1.82, 2.24) is 9.97 Å². The van der Waals surface area contributed by atoms with Crippen molar-refractivity contribution in [3.8, 4) is 0 Å². The van der Waals surface area contributed by atoms with E-state index in [4.69, 9.17) is 0 Å². The summed E-state index contributed by atoms with van der Waals surface area (Å²) in [5, 5.41) is 0.309. The average Bonchev–Trinajstić information content (AvgIpc) is 3.06. The van der Waals surface area contributed by atoms with Gasteiger partial charge in [-0.1, -0.05) is 43.6 Å². The molecule has 98 valence electrons. The average molecular weight is 311 g/mol. The first kappa shape index (κ1) is 13.7. The summed E-state index contributed by atoms with van der Waals surface area (Å²) in [6.07, 6.45) is 2.30. The van der Waals surface area contributed by atoms with E-state index in [1.54, 1.807) is 0 Å². The molecule has 1 aromatic rings. The van der Waals surface area contributed by atoms with E-state index in [1.807, 2.05) is 6.07 Å². The number of hydrogen-bond donors (Lipinski definition) is 0. The third-order valence-corrected chi connectivity index (χ3v) is 3.93. The highest BCUT2D eigenvalue weighted by Gasteiger charge is 2.41. The van der Waals surface area contributed by atoms with Crippen molar-refractivity contribution in [3.63, 3.8) is 0 Å². The predicted octanol–water partition coefficient (Wildman–Crippen LogP) is 3.40. The Morgan fingerprint density at radius 1 is 1.39 bits per heavy atom. The van der Waals surface area contributed by atoms with Crippen molar-refractivity contribution in [2.24, 2.45) is 0 Å². The minimum Gasteiger partial charge on any atom is -0.291 e. The minimum atomic E-state index is -0.136. The summed E-state index contributed by atoms with van der Waals surface area (Å²) in [5.41, 5.74) is 1.58. The molecule has 1 aromatic heterocycles. The monoisotopic (exact) mass is 310 g/mol. The molecule has 0 radical (unpaired) electrons. The quantitative estimate of drug-likeness (QED) is 0.635. The first-order valence-electron chi connectivity index (χ1n) is 6.25. The van der Waals surface area contributed by atoms with E-state index in [9.17, 15) is 4.79 Å². The van der Waals surface area contributed by atoms with Crippen molar-refractivity contribution in [2.75, 3.05) is 5.33 Å². The molecule has 0 unspecified atom stereocenters. The van der Waals surface area contributed by atoms with E-state index < -0.39 is 0 Å². The van der Waals surface area contributed by atoms with Gasteiger partial charge in [-0.3, -0.25) is 4.79 Å². The van der Waals surface area contributed by atoms with Gasteiger partial charge in [0.1, 0.15) is 11.5 Å². The molecule has 1 aliphatic carbocycles. The Bertz CT molecular complexity index is 464. The zero-order chi connectivity index (χ0) is 13.6. The molecule has 0 aliphatic heterocycles. The second kappa shape index (κ2) is 4.41. The molecule has 0 amide bonds. The lowest BCUT2D eigenvalue weighted by atomic mass is 9.94. The molecule has 1 fully saturated rings. The van der Waals surface area contributed by atoms with Crippen molar-refractivity contribution in [3.05, 3.63) is 23.3 Å². The number of hydrogen-bond acceptors (Lipinski definition) is 3. The minimum absolute atomic E-state index is 0.0217. The molecule has 1 saturated carbocycles. The maximum Gasteiger partial charge on any atom is 0.191 e. The van der Waals surface area contributed by atoms with E-state index >= 15 is 0 Å². The fourth-order valence-corrected chi connectivity index (χ4v) is 2.03. The number of carbonyl (C=O) groups excluding carboxylic acids is 1. The van der Waals surface area contributed by atoms with Gasteiger partial charge >= 0.3 is 0 Å². The lowest BCUT2D eigenvalue weighted by molar-refractivity contribution is 0.101. The summed E-state index contributed by atoms with van der Waals surface area (Å²) in [5.74, 6) is 0.783. The smallest absolute Gasteiger partial charge is 0.191 e. The Morgan fingerprint density at radius 3 is 2.44 bits per heavy atom. The van der Waals surface area contributed by atoms with Crippen molar-refractivity contribution >= 4 is 21.7 Å². The van der Waals surface area contributed by atoms with Gasteiger partial charge in [0.2, 0.25) is 0 Å². The van der Waals surface area contributed by atoms with Gasteiger partial charge in [0.25, 0.3) is 0 Å². The zero-order valence-electron chi connectivity index (χ0n) is 11.4. The number of nitrogens with zero attached hydrogens (tertiary/aromatic N) is 2. The van der Waals surface area contributed by atoms with Crippen LogP contribution in [-0.4, -0.2) is 21.1 Å². The first-order chi connectivity index (χ1) is 8.26. The number of aromatic nitrogens is 2. The Kier molecular flexibility index (Phi) is 3.34. The number of carbonyl (C=O) groups is 1. The van der Waals surface area contributed by atoms with Crippen molar-refractivity contribution in [2.45, 2.75) is 51.4 Å². The number of rotatable bonds is 3. The fraction of sp³-hybridized carbons (Fsp3) is 0.643. The Morgan fingerprint density at radius 2 is 2.00 bits per heavy atom. The van der Waals surface area contributed by atoms with E-state index in [0.29, 0.717) is 11.0 Å². The molecule has 4 heteroatoms. The molecule has 3 nitrogen and oxygen atoms in total. The van der Waals surface area contributed by atoms with Gasteiger partial charge in [0.15, 0.2) is 5.78 Å². The van der Waals surface area contributed by atoms with Crippen LogP contribution in [-0.2, 0) is 10.8 Å². The van der Waals surface area contributed by atoms with Crippen LogP contribution < -0.4 is 0 Å². The van der Waals surface area contributed by atoms with E-state index in [-0.39, 0.29) is 16.6 Å². The molecular formula is C14H19BrN2O. The Hall–Kier alpha value is -0.770. The molecule has 0 spiro atoms. The molecule has 0 bridgehead atoms. The Balaban J connectivity index is 2.52. The van der Waals surface area contributed by atoms with Gasteiger partial charge in [-0.15, -0.1) is 0 Å². The molecule has 0 aromatic carbocycles. The third kappa shape index (κ3) is 2.63. The topological polar surface area (TPSA) is 42.9 Å². The van der Waals surface area contributed by atoms with Crippen molar-refractivity contribution in [1.29, 1.82) is 0 Å². The lowest BCUT2D eigenvalue weighted by Gasteiger charge is -2.20. The summed E-state index contributed by atoms with van der Waals surface area (Å²) in [4.78, 5) is 21.0. The van der Waals surface area contributed by atoms with Gasteiger partial charge in [0, 0.05) is 10.8 Å². The molecule has 0 N–H and O–H groups in total. The van der Waals surface area contributed by atoms with Crippen LogP contribution in [0.2, 0.25) is 0 Å². The number of halogens is 1. The van der Waals surface area contributed by atoms with Crippen LogP contribution in [0.5, 0.6) is 0 Å². The Labute approximate surface area is 117 Å². The maximum atomic E-state index is 11.9. The van der Waals surface area contributed by atoms with Crippen LogP contribution in [0, 0.1) is 0 Å². The third-order valence-electron chi connectivity index (χ3n) is 3.42. The van der Waals surface area contributed by atoms with Crippen LogP contribution in [0.15, 0.2) is 6.07 Å². The molecule has 18 heavy (non-hydrogen) atoms. The second-order valence-electron chi connectivity index (χ2n) is 6.33. The van der Waals surface area contributed by atoms with Crippen LogP contribution in [0.25, 0.3) is 0 Å². The van der Waals surface area contributed by atoms with Crippen LogP contribution in [0.1, 0.15) is 62.5 Å². The SMILES string of the molecule is CC(C)(C)c1nc(C(=O)CBr)cc(C2(C)CC2)n1. The molecular weight excluding hydrogens is 292 g/mol. The number of ketones is 1. The molecule has 0 atom stereocenters. The van der Waals surface area contributed by atoms with Gasteiger partial charge in [0.05, 0.1) is 11.0 Å². The molecule has 0 saturated heterocycles. The maximum absolute atomic E-state index is 11.9. The molecule has 1 heterocycles. The fourth-order valence-electron chi connectivity index (χ4n) is 1.75. The lowest BCUT2D eigenvalue weighted by Crippen LogP contribution is -2.21. The standard InChI is InChI=1S/C14H19BrN2O/c1-13(2,3)12-16-9(10(18)8-15)7-11(17-12)14(4)5-6-14/h7H,5-6,8H2,1-4H3. The highest BCUT2D eigenvalue weighted by atomic mass is 79.9. The number of alkyl halides is 1. The van der Waals surface area contributed by atoms with E-state index in [0.717, 1.165) is 24.4 Å². The summed E-state index contributed by atoms with van der Waals surface area (Å²) in [6.45, 7) is 8.42. The summed E-state index contributed by atoms with van der Waals surface area (Å²) >= 11 is 3.21. The van der Waals surface area contributed by atoms with E-state index in [1.165, 1.54) is 0 Å². The highest BCUT2D eigenvalue weighted by Crippen LogP contribution is 2.47. The summed E-state index contributed by atoms with van der Waals surface area (Å²) < 4.78 is 0. The second-order valence-corrected chi connectivity index (χ2v) is 6.89. The van der Waals surface area contributed by atoms with Gasteiger partial charge in [-0.25, -0.2) is 9.97 Å². The van der Waals surface area contributed by atoms with Crippen molar-refractivity contribution < 1.29 is 4.79 Å². The predicted molar refractivity (Wildman–Crippen MR) is 75.4 cm³/mol. The number of Topliss-reactive ketones (excluding diaryl/α,β-unsaturated/α-hetero) is 1.